The highest BCUT2D eigenvalue weighted by atomic mass is 79.9. The van der Waals surface area contributed by atoms with Gasteiger partial charge >= 0.3 is 0 Å². The van der Waals surface area contributed by atoms with Gasteiger partial charge < -0.3 is 0 Å². The van der Waals surface area contributed by atoms with Crippen molar-refractivity contribution in [2.75, 3.05) is 0 Å². The second-order valence-electron chi connectivity index (χ2n) is 5.64. The number of aromatic nitrogens is 3. The molecule has 4 aromatic rings. The van der Waals surface area contributed by atoms with Crippen molar-refractivity contribution in [3.8, 4) is 0 Å². The molecule has 0 fully saturated rings. The van der Waals surface area contributed by atoms with Crippen LogP contribution in [-0.2, 0) is 0 Å². The first-order valence-electron chi connectivity index (χ1n) is 7.19. The standard InChI is InChI=1S/C17H14BrN3O/c1-10(2)21-16-15(19-13-8-3-4-9-20(13)16)14-11(17(21)22)6-5-7-12(14)18/h3-10H,1-2H3. The molecule has 3 heterocycles. The van der Waals surface area contributed by atoms with Crippen LogP contribution in [0.5, 0.6) is 0 Å². The molecule has 0 saturated heterocycles. The number of rotatable bonds is 1. The van der Waals surface area contributed by atoms with Crippen LogP contribution >= 0.6 is 15.9 Å². The average molecular weight is 356 g/mol. The predicted octanol–water partition coefficient (Wildman–Crippen LogP) is 4.15. The first kappa shape index (κ1) is 13.5. The van der Waals surface area contributed by atoms with Crippen LogP contribution in [0.1, 0.15) is 19.9 Å². The Morgan fingerprint density at radius 2 is 1.95 bits per heavy atom. The Hall–Kier alpha value is -2.14. The van der Waals surface area contributed by atoms with Crippen LogP contribution < -0.4 is 5.56 Å². The van der Waals surface area contributed by atoms with Crippen LogP contribution in [0.25, 0.3) is 27.6 Å². The van der Waals surface area contributed by atoms with E-state index in [9.17, 15) is 4.79 Å². The minimum atomic E-state index is 0.0180. The third-order valence-corrected chi connectivity index (χ3v) is 4.61. The summed E-state index contributed by atoms with van der Waals surface area (Å²) >= 11 is 3.57. The molecule has 0 aliphatic rings. The molecule has 0 amide bonds. The number of hydrogen-bond acceptors (Lipinski definition) is 2. The normalized spacial score (nSPS) is 12.0. The monoisotopic (exact) mass is 355 g/mol. The summed E-state index contributed by atoms with van der Waals surface area (Å²) in [7, 11) is 0. The van der Waals surface area contributed by atoms with Crippen LogP contribution in [0.2, 0.25) is 0 Å². The highest BCUT2D eigenvalue weighted by molar-refractivity contribution is 9.10. The van der Waals surface area contributed by atoms with Crippen molar-refractivity contribution in [1.82, 2.24) is 14.0 Å². The van der Waals surface area contributed by atoms with Gasteiger partial charge in [-0.3, -0.25) is 13.8 Å². The van der Waals surface area contributed by atoms with Crippen molar-refractivity contribution >= 4 is 43.5 Å². The van der Waals surface area contributed by atoms with E-state index >= 15 is 0 Å². The third-order valence-electron chi connectivity index (χ3n) is 3.95. The second-order valence-corrected chi connectivity index (χ2v) is 6.50. The van der Waals surface area contributed by atoms with E-state index in [-0.39, 0.29) is 11.6 Å². The van der Waals surface area contributed by atoms with Crippen LogP contribution in [-0.4, -0.2) is 14.0 Å². The molecule has 0 unspecified atom stereocenters. The highest BCUT2D eigenvalue weighted by Gasteiger charge is 2.19. The number of halogens is 1. The van der Waals surface area contributed by atoms with E-state index in [4.69, 9.17) is 4.98 Å². The van der Waals surface area contributed by atoms with E-state index in [0.717, 1.165) is 26.7 Å². The molecule has 0 bridgehead atoms. The summed E-state index contributed by atoms with van der Waals surface area (Å²) in [5.41, 5.74) is 2.55. The zero-order valence-corrected chi connectivity index (χ0v) is 13.8. The summed E-state index contributed by atoms with van der Waals surface area (Å²) < 4.78 is 4.70. The van der Waals surface area contributed by atoms with Crippen molar-refractivity contribution in [2.24, 2.45) is 0 Å². The number of hydrogen-bond donors (Lipinski definition) is 0. The fourth-order valence-corrected chi connectivity index (χ4v) is 3.58. The van der Waals surface area contributed by atoms with Gasteiger partial charge in [0.2, 0.25) is 0 Å². The van der Waals surface area contributed by atoms with E-state index in [1.807, 2.05) is 65.4 Å². The third kappa shape index (κ3) is 1.69. The summed E-state index contributed by atoms with van der Waals surface area (Å²) in [6.45, 7) is 4.04. The summed E-state index contributed by atoms with van der Waals surface area (Å²) in [4.78, 5) is 17.7. The van der Waals surface area contributed by atoms with Gasteiger partial charge in [-0.1, -0.05) is 28.1 Å². The number of nitrogens with zero attached hydrogens (tertiary/aromatic N) is 3. The minimum absolute atomic E-state index is 0.0180. The van der Waals surface area contributed by atoms with E-state index in [0.29, 0.717) is 5.39 Å². The maximum atomic E-state index is 13.0. The smallest absolute Gasteiger partial charge is 0.260 e. The van der Waals surface area contributed by atoms with Gasteiger partial charge in [-0.05, 0) is 38.1 Å². The van der Waals surface area contributed by atoms with Crippen molar-refractivity contribution in [2.45, 2.75) is 19.9 Å². The summed E-state index contributed by atoms with van der Waals surface area (Å²) in [5, 5.41) is 1.57. The Labute approximate surface area is 135 Å². The summed E-state index contributed by atoms with van der Waals surface area (Å²) in [6.07, 6.45) is 1.95. The molecular formula is C17H14BrN3O. The average Bonchev–Trinajstić information content (AvgIpc) is 2.86. The molecule has 5 heteroatoms. The number of pyridine rings is 2. The topological polar surface area (TPSA) is 39.3 Å². The fourth-order valence-electron chi connectivity index (χ4n) is 3.03. The highest BCUT2D eigenvalue weighted by Crippen LogP contribution is 2.30. The first-order chi connectivity index (χ1) is 10.6. The van der Waals surface area contributed by atoms with Crippen LogP contribution in [0.3, 0.4) is 0 Å². The largest absolute Gasteiger partial charge is 0.289 e. The van der Waals surface area contributed by atoms with Gasteiger partial charge in [0.25, 0.3) is 5.56 Å². The molecule has 0 N–H and O–H groups in total. The molecule has 0 saturated carbocycles. The summed E-state index contributed by atoms with van der Waals surface area (Å²) in [6, 6.07) is 11.6. The lowest BCUT2D eigenvalue weighted by atomic mass is 10.1. The molecule has 0 atom stereocenters. The molecule has 22 heavy (non-hydrogen) atoms. The van der Waals surface area contributed by atoms with E-state index in [1.165, 1.54) is 0 Å². The molecule has 110 valence electrons. The van der Waals surface area contributed by atoms with Crippen molar-refractivity contribution < 1.29 is 0 Å². The minimum Gasteiger partial charge on any atom is -0.289 e. The molecule has 1 aromatic carbocycles. The molecular weight excluding hydrogens is 342 g/mol. The number of benzene rings is 1. The quantitative estimate of drug-likeness (QED) is 0.514. The van der Waals surface area contributed by atoms with Gasteiger partial charge in [-0.15, -0.1) is 0 Å². The molecule has 4 nitrogen and oxygen atoms in total. The predicted molar refractivity (Wildman–Crippen MR) is 92.5 cm³/mol. The lowest BCUT2D eigenvalue weighted by Crippen LogP contribution is -2.23. The van der Waals surface area contributed by atoms with Gasteiger partial charge in [0.05, 0.1) is 5.39 Å². The Bertz CT molecular complexity index is 1090. The van der Waals surface area contributed by atoms with Crippen molar-refractivity contribution in [3.63, 3.8) is 0 Å². The maximum Gasteiger partial charge on any atom is 0.260 e. The SMILES string of the molecule is CC(C)n1c(=O)c2cccc(Br)c2c2nc3ccccn3c21. The van der Waals surface area contributed by atoms with E-state index < -0.39 is 0 Å². The zero-order valence-electron chi connectivity index (χ0n) is 12.2. The van der Waals surface area contributed by atoms with Gasteiger partial charge in [0.15, 0.2) is 0 Å². The first-order valence-corrected chi connectivity index (χ1v) is 7.98. The van der Waals surface area contributed by atoms with Crippen LogP contribution in [0, 0.1) is 0 Å². The molecule has 0 radical (unpaired) electrons. The van der Waals surface area contributed by atoms with Crippen LogP contribution in [0.4, 0.5) is 0 Å². The zero-order chi connectivity index (χ0) is 15.4. The molecule has 4 rings (SSSR count). The summed E-state index contributed by atoms with van der Waals surface area (Å²) in [5.74, 6) is 0. The second kappa shape index (κ2) is 4.68. The lowest BCUT2D eigenvalue weighted by Gasteiger charge is -2.14. The van der Waals surface area contributed by atoms with Crippen molar-refractivity contribution in [3.05, 3.63) is 57.4 Å². The molecule has 0 aliphatic heterocycles. The molecule has 3 aromatic heterocycles. The number of fused-ring (bicyclic) bond motifs is 5. The van der Waals surface area contributed by atoms with E-state index in [1.54, 1.807) is 0 Å². The Morgan fingerprint density at radius 1 is 1.14 bits per heavy atom. The van der Waals surface area contributed by atoms with Gasteiger partial charge in [0, 0.05) is 22.1 Å². The van der Waals surface area contributed by atoms with Gasteiger partial charge in [-0.2, -0.15) is 0 Å². The van der Waals surface area contributed by atoms with Crippen LogP contribution in [0.15, 0.2) is 51.9 Å². The number of imidazole rings is 1. The van der Waals surface area contributed by atoms with Crippen molar-refractivity contribution in [1.29, 1.82) is 0 Å². The van der Waals surface area contributed by atoms with Gasteiger partial charge in [-0.25, -0.2) is 4.98 Å². The lowest BCUT2D eigenvalue weighted by molar-refractivity contribution is 0.597. The van der Waals surface area contributed by atoms with E-state index in [2.05, 4.69) is 15.9 Å². The molecule has 0 aliphatic carbocycles. The van der Waals surface area contributed by atoms with Gasteiger partial charge in [0.1, 0.15) is 16.8 Å². The Morgan fingerprint density at radius 3 is 2.73 bits per heavy atom. The molecule has 0 spiro atoms. The maximum absolute atomic E-state index is 13.0. The fraction of sp³-hybridized carbons (Fsp3) is 0.176. The Kier molecular flexibility index (Phi) is 2.87. The Balaban J connectivity index is 2.44.